The van der Waals surface area contributed by atoms with Crippen LogP contribution < -0.4 is 4.74 Å². The predicted octanol–water partition coefficient (Wildman–Crippen LogP) is 5.25. The molecule has 0 unspecified atom stereocenters. The molecule has 0 aliphatic carbocycles. The molecular formula is C17H11ClO. The molecule has 0 aromatic heterocycles. The number of methoxy groups -OCH3 is 1. The predicted molar refractivity (Wildman–Crippen MR) is 81.7 cm³/mol. The van der Waals surface area contributed by atoms with Crippen molar-refractivity contribution in [2.24, 2.45) is 0 Å². The molecule has 4 aromatic carbocycles. The summed E-state index contributed by atoms with van der Waals surface area (Å²) in [6.07, 6.45) is 0. The summed E-state index contributed by atoms with van der Waals surface area (Å²) in [7, 11) is 1.65. The van der Waals surface area contributed by atoms with Crippen LogP contribution in [0.4, 0.5) is 0 Å². The first kappa shape index (κ1) is 10.9. The lowest BCUT2D eigenvalue weighted by atomic mass is 9.94. The number of benzene rings is 4. The van der Waals surface area contributed by atoms with Gasteiger partial charge in [0.2, 0.25) is 0 Å². The third kappa shape index (κ3) is 1.36. The molecule has 0 atom stereocenters. The molecule has 4 aromatic rings. The summed E-state index contributed by atoms with van der Waals surface area (Å²) in [6.45, 7) is 0. The highest BCUT2D eigenvalue weighted by atomic mass is 35.5. The van der Waals surface area contributed by atoms with Crippen LogP contribution in [0.2, 0.25) is 5.02 Å². The molecule has 0 saturated carbocycles. The molecule has 0 aliphatic heterocycles. The van der Waals surface area contributed by atoms with Gasteiger partial charge >= 0.3 is 0 Å². The number of ether oxygens (including phenoxy) is 1. The summed E-state index contributed by atoms with van der Waals surface area (Å²) in [5.41, 5.74) is 0. The topological polar surface area (TPSA) is 9.23 Å². The molecule has 92 valence electrons. The van der Waals surface area contributed by atoms with Crippen molar-refractivity contribution in [3.63, 3.8) is 0 Å². The molecule has 0 amide bonds. The normalized spacial score (nSPS) is 11.7. The fourth-order valence-corrected chi connectivity index (χ4v) is 3.19. The fraction of sp³-hybridized carbons (Fsp3) is 0.0588. The van der Waals surface area contributed by atoms with Gasteiger partial charge in [-0.1, -0.05) is 54.1 Å². The van der Waals surface area contributed by atoms with E-state index in [0.717, 1.165) is 11.1 Å². The highest BCUT2D eigenvalue weighted by Gasteiger charge is 2.13. The maximum atomic E-state index is 6.44. The second kappa shape index (κ2) is 3.75. The first-order valence-corrected chi connectivity index (χ1v) is 6.57. The standard InChI is InChI=1S/C17H11ClO/c1-19-14-9-12-6-5-10-3-2-4-11-7-8-13(17(14)18)16(12)15(10)11/h2-9H,1H3. The lowest BCUT2D eigenvalue weighted by Crippen LogP contribution is -1.89. The minimum atomic E-state index is 0.688. The molecule has 0 aliphatic rings. The van der Waals surface area contributed by atoms with Gasteiger partial charge in [0.25, 0.3) is 0 Å². The van der Waals surface area contributed by atoms with Crippen molar-refractivity contribution in [1.29, 1.82) is 0 Å². The Bertz CT molecular complexity index is 895. The molecule has 0 fully saturated rings. The maximum Gasteiger partial charge on any atom is 0.138 e. The number of hydrogen-bond acceptors (Lipinski definition) is 1. The van der Waals surface area contributed by atoms with Crippen LogP contribution in [0.5, 0.6) is 5.75 Å². The van der Waals surface area contributed by atoms with E-state index in [1.165, 1.54) is 26.9 Å². The summed E-state index contributed by atoms with van der Waals surface area (Å²) in [6, 6.07) is 16.9. The van der Waals surface area contributed by atoms with Gasteiger partial charge in [-0.3, -0.25) is 0 Å². The van der Waals surface area contributed by atoms with E-state index in [1.54, 1.807) is 7.11 Å². The van der Waals surface area contributed by atoms with E-state index in [9.17, 15) is 0 Å². The summed E-state index contributed by atoms with van der Waals surface area (Å²) in [5, 5.41) is 7.91. The summed E-state index contributed by atoms with van der Waals surface area (Å²) < 4.78 is 5.36. The third-order valence-electron chi connectivity index (χ3n) is 3.77. The SMILES string of the molecule is COc1cc2ccc3cccc4ccc(c1Cl)c2c34. The molecule has 0 radical (unpaired) electrons. The molecular weight excluding hydrogens is 256 g/mol. The van der Waals surface area contributed by atoms with Crippen LogP contribution in [-0.4, -0.2) is 7.11 Å². The average molecular weight is 267 g/mol. The van der Waals surface area contributed by atoms with Crippen LogP contribution in [0, 0.1) is 0 Å². The summed E-state index contributed by atoms with van der Waals surface area (Å²) in [4.78, 5) is 0. The number of hydrogen-bond donors (Lipinski definition) is 0. The van der Waals surface area contributed by atoms with Crippen LogP contribution in [0.1, 0.15) is 0 Å². The largest absolute Gasteiger partial charge is 0.495 e. The maximum absolute atomic E-state index is 6.44. The van der Waals surface area contributed by atoms with E-state index in [-0.39, 0.29) is 0 Å². The van der Waals surface area contributed by atoms with Crippen molar-refractivity contribution in [3.05, 3.63) is 53.6 Å². The molecule has 2 heteroatoms. The van der Waals surface area contributed by atoms with E-state index >= 15 is 0 Å². The summed E-state index contributed by atoms with van der Waals surface area (Å²) >= 11 is 6.44. The van der Waals surface area contributed by atoms with Gasteiger partial charge < -0.3 is 4.74 Å². The van der Waals surface area contributed by atoms with Gasteiger partial charge in [-0.15, -0.1) is 0 Å². The number of rotatable bonds is 1. The number of halogens is 1. The van der Waals surface area contributed by atoms with Crippen molar-refractivity contribution in [3.8, 4) is 5.75 Å². The Morgan fingerprint density at radius 3 is 2.26 bits per heavy atom. The van der Waals surface area contributed by atoms with Crippen LogP contribution in [-0.2, 0) is 0 Å². The minimum absolute atomic E-state index is 0.688. The van der Waals surface area contributed by atoms with Crippen molar-refractivity contribution < 1.29 is 4.74 Å². The smallest absolute Gasteiger partial charge is 0.138 e. The fourth-order valence-electron chi connectivity index (χ4n) is 2.90. The molecule has 0 spiro atoms. The Balaban J connectivity index is 2.37. The van der Waals surface area contributed by atoms with Crippen LogP contribution in [0.3, 0.4) is 0 Å². The highest BCUT2D eigenvalue weighted by Crippen LogP contribution is 2.41. The van der Waals surface area contributed by atoms with Crippen molar-refractivity contribution in [1.82, 2.24) is 0 Å². The van der Waals surface area contributed by atoms with Gasteiger partial charge in [-0.05, 0) is 33.0 Å². The Morgan fingerprint density at radius 2 is 1.53 bits per heavy atom. The lowest BCUT2D eigenvalue weighted by molar-refractivity contribution is 0.416. The average Bonchev–Trinajstić information content (AvgIpc) is 2.46. The second-order valence-electron chi connectivity index (χ2n) is 4.75. The van der Waals surface area contributed by atoms with Gasteiger partial charge in [0, 0.05) is 5.39 Å². The van der Waals surface area contributed by atoms with Gasteiger partial charge in [0.05, 0.1) is 12.1 Å². The van der Waals surface area contributed by atoms with E-state index in [1.807, 2.05) is 6.07 Å². The van der Waals surface area contributed by atoms with Crippen LogP contribution in [0.25, 0.3) is 32.3 Å². The minimum Gasteiger partial charge on any atom is -0.495 e. The first-order chi connectivity index (χ1) is 9.29. The third-order valence-corrected chi connectivity index (χ3v) is 4.16. The Labute approximate surface area is 115 Å². The molecule has 19 heavy (non-hydrogen) atoms. The van der Waals surface area contributed by atoms with Gasteiger partial charge in [-0.25, -0.2) is 0 Å². The lowest BCUT2D eigenvalue weighted by Gasteiger charge is -2.13. The molecule has 0 bridgehead atoms. The monoisotopic (exact) mass is 266 g/mol. The Hall–Kier alpha value is -1.99. The zero-order valence-corrected chi connectivity index (χ0v) is 11.2. The van der Waals surface area contributed by atoms with Crippen molar-refractivity contribution in [2.45, 2.75) is 0 Å². The van der Waals surface area contributed by atoms with Gasteiger partial charge in [0.1, 0.15) is 5.75 Å². The Kier molecular flexibility index (Phi) is 2.15. The molecule has 0 saturated heterocycles. The molecule has 1 nitrogen and oxygen atoms in total. The quantitative estimate of drug-likeness (QED) is 0.428. The van der Waals surface area contributed by atoms with Crippen LogP contribution in [0.15, 0.2) is 48.5 Å². The van der Waals surface area contributed by atoms with Gasteiger partial charge in [0.15, 0.2) is 0 Å². The Morgan fingerprint density at radius 1 is 0.842 bits per heavy atom. The first-order valence-electron chi connectivity index (χ1n) is 6.19. The van der Waals surface area contributed by atoms with Gasteiger partial charge in [-0.2, -0.15) is 0 Å². The molecule has 0 heterocycles. The zero-order valence-electron chi connectivity index (χ0n) is 10.4. The van der Waals surface area contributed by atoms with Crippen molar-refractivity contribution >= 4 is 43.9 Å². The van der Waals surface area contributed by atoms with E-state index < -0.39 is 0 Å². The molecule has 4 rings (SSSR count). The van der Waals surface area contributed by atoms with E-state index in [4.69, 9.17) is 16.3 Å². The highest BCUT2D eigenvalue weighted by molar-refractivity contribution is 6.40. The second-order valence-corrected chi connectivity index (χ2v) is 5.13. The summed E-state index contributed by atoms with van der Waals surface area (Å²) in [5.74, 6) is 0.729. The van der Waals surface area contributed by atoms with E-state index in [0.29, 0.717) is 5.02 Å². The zero-order chi connectivity index (χ0) is 13.0. The van der Waals surface area contributed by atoms with E-state index in [2.05, 4.69) is 42.5 Å². The van der Waals surface area contributed by atoms with Crippen LogP contribution >= 0.6 is 11.6 Å². The van der Waals surface area contributed by atoms with Crippen molar-refractivity contribution in [2.75, 3.05) is 7.11 Å². The molecule has 0 N–H and O–H groups in total.